The highest BCUT2D eigenvalue weighted by atomic mass is 31.1. The number of carbonyl (C=O) groups is 1. The Morgan fingerprint density at radius 1 is 0.844 bits per heavy atom. The number of ether oxygens (including phenoxy) is 1. The van der Waals surface area contributed by atoms with Crippen LogP contribution in [0.25, 0.3) is 16.6 Å². The Hall–Kier alpha value is -4.56. The van der Waals surface area contributed by atoms with Crippen molar-refractivity contribution < 1.29 is 23.0 Å². The van der Waals surface area contributed by atoms with Crippen molar-refractivity contribution in [3.05, 3.63) is 136 Å². The highest BCUT2D eigenvalue weighted by Gasteiger charge is 2.23. The summed E-state index contributed by atoms with van der Waals surface area (Å²) in [5.41, 5.74) is 2.64. The summed E-state index contributed by atoms with van der Waals surface area (Å²) >= 11 is 0. The van der Waals surface area contributed by atoms with E-state index >= 15 is 4.39 Å². The van der Waals surface area contributed by atoms with Crippen molar-refractivity contribution in [2.45, 2.75) is 13.2 Å². The Morgan fingerprint density at radius 2 is 1.49 bits per heavy atom. The number of piperazine rings is 1. The topological polar surface area (TPSA) is 73.2 Å². The number of likely N-dealkylation sites (N-methyl/N-ethyl adjacent to an activating group) is 1. The van der Waals surface area contributed by atoms with E-state index in [9.17, 15) is 9.59 Å². The van der Waals surface area contributed by atoms with Crippen LogP contribution in [0.2, 0.25) is 0 Å². The zero-order chi connectivity index (χ0) is 31.2. The van der Waals surface area contributed by atoms with Crippen molar-refractivity contribution in [3.8, 4) is 11.4 Å². The first-order chi connectivity index (χ1) is 22.0. The average molecular weight is 626 g/mol. The molecule has 0 N–H and O–H groups in total. The Bertz CT molecular complexity index is 1830. The number of pyridine rings is 1. The lowest BCUT2D eigenvalue weighted by atomic mass is 10.1. The van der Waals surface area contributed by atoms with Gasteiger partial charge in [-0.2, -0.15) is 0 Å². The fraction of sp³-hybridized carbons (Fsp3) is 0.200. The van der Waals surface area contributed by atoms with Crippen LogP contribution in [-0.2, 0) is 22.5 Å². The molecule has 0 amide bonds. The molecule has 1 aliphatic rings. The first-order valence-electron chi connectivity index (χ1n) is 14.7. The lowest BCUT2D eigenvalue weighted by Gasteiger charge is -2.34. The minimum atomic E-state index is -0.778. The van der Waals surface area contributed by atoms with Crippen LogP contribution in [0.15, 0.2) is 108 Å². The molecule has 1 aromatic heterocycles. The molecule has 1 saturated heterocycles. The quantitative estimate of drug-likeness (QED) is 0.102. The number of hydrogen-bond donors (Lipinski definition) is 0. The number of halogens is 1. The average Bonchev–Trinajstić information content (AvgIpc) is 3.07. The summed E-state index contributed by atoms with van der Waals surface area (Å²) in [6, 6.07) is 29.2. The molecule has 1 unspecified atom stereocenters. The maximum atomic E-state index is 15.6. The molecule has 6 rings (SSSR count). The lowest BCUT2D eigenvalue weighted by Crippen LogP contribution is -2.44. The van der Waals surface area contributed by atoms with Gasteiger partial charge < -0.3 is 28.2 Å². The highest BCUT2D eigenvalue weighted by molar-refractivity contribution is 7.26. The van der Waals surface area contributed by atoms with Crippen molar-refractivity contribution in [2.24, 2.45) is 0 Å². The van der Waals surface area contributed by atoms with Gasteiger partial charge in [0, 0.05) is 43.4 Å². The Labute approximate surface area is 262 Å². The Balaban J connectivity index is 1.31. The van der Waals surface area contributed by atoms with E-state index in [4.69, 9.17) is 13.8 Å². The van der Waals surface area contributed by atoms with Gasteiger partial charge in [0.05, 0.1) is 17.8 Å². The molecule has 230 valence electrons. The SMILES string of the molecule is CN1CCN(c2cc3c(cc2F)c(=O)c(C(=O)OCc2ccccc2)cn3-c2ccc(OPOCc3ccccc3)cc2)CC1. The first kappa shape index (κ1) is 30.5. The fourth-order valence-corrected chi connectivity index (χ4v) is 5.74. The second-order valence-electron chi connectivity index (χ2n) is 10.9. The molecule has 10 heteroatoms. The molecular formula is C35H33FN3O5P. The summed E-state index contributed by atoms with van der Waals surface area (Å²) in [6.07, 6.45) is 1.48. The van der Waals surface area contributed by atoms with E-state index in [1.165, 1.54) is 12.3 Å². The summed E-state index contributed by atoms with van der Waals surface area (Å²) in [5, 5.41) is 0.0932. The van der Waals surface area contributed by atoms with Gasteiger partial charge in [0.15, 0.2) is 0 Å². The maximum Gasteiger partial charge on any atom is 0.344 e. The number of fused-ring (bicyclic) bond motifs is 1. The summed E-state index contributed by atoms with van der Waals surface area (Å²) in [7, 11) is 1.84. The number of esters is 1. The number of hydrogen-bond acceptors (Lipinski definition) is 7. The van der Waals surface area contributed by atoms with E-state index in [0.717, 1.165) is 24.2 Å². The second-order valence-corrected chi connectivity index (χ2v) is 11.5. The van der Waals surface area contributed by atoms with Crippen molar-refractivity contribution in [1.82, 2.24) is 9.47 Å². The third kappa shape index (κ3) is 7.23. The monoisotopic (exact) mass is 625 g/mol. The van der Waals surface area contributed by atoms with Crippen LogP contribution < -0.4 is 14.9 Å². The van der Waals surface area contributed by atoms with Crippen molar-refractivity contribution in [1.29, 1.82) is 0 Å². The summed E-state index contributed by atoms with van der Waals surface area (Å²) in [6.45, 7) is 3.36. The van der Waals surface area contributed by atoms with Crippen LogP contribution in [0.5, 0.6) is 5.75 Å². The van der Waals surface area contributed by atoms with Gasteiger partial charge in [-0.3, -0.25) is 4.79 Å². The third-order valence-corrected chi connectivity index (χ3v) is 8.34. The maximum absolute atomic E-state index is 15.6. The Morgan fingerprint density at radius 3 is 2.16 bits per heavy atom. The van der Waals surface area contributed by atoms with E-state index in [1.54, 1.807) is 22.8 Å². The normalized spacial score (nSPS) is 13.9. The van der Waals surface area contributed by atoms with Crippen LogP contribution in [0.1, 0.15) is 21.5 Å². The molecule has 45 heavy (non-hydrogen) atoms. The molecule has 5 aromatic rings. The van der Waals surface area contributed by atoms with Crippen molar-refractivity contribution in [3.63, 3.8) is 0 Å². The molecular weight excluding hydrogens is 592 g/mol. The lowest BCUT2D eigenvalue weighted by molar-refractivity contribution is 0.0470. The molecule has 2 heterocycles. The van der Waals surface area contributed by atoms with Gasteiger partial charge in [-0.25, -0.2) is 9.18 Å². The minimum Gasteiger partial charge on any atom is -0.457 e. The van der Waals surface area contributed by atoms with Gasteiger partial charge in [-0.15, -0.1) is 0 Å². The molecule has 4 aromatic carbocycles. The number of rotatable bonds is 10. The van der Waals surface area contributed by atoms with Gasteiger partial charge in [-0.05, 0) is 54.6 Å². The van der Waals surface area contributed by atoms with Crippen LogP contribution in [-0.4, -0.2) is 48.7 Å². The molecule has 1 aliphatic heterocycles. The fourth-order valence-electron chi connectivity index (χ4n) is 5.22. The zero-order valence-corrected chi connectivity index (χ0v) is 25.8. The summed E-state index contributed by atoms with van der Waals surface area (Å²) in [5.74, 6) is -0.687. The predicted molar refractivity (Wildman–Crippen MR) is 175 cm³/mol. The van der Waals surface area contributed by atoms with Crippen molar-refractivity contribution >= 4 is 31.6 Å². The molecule has 8 nitrogen and oxygen atoms in total. The molecule has 0 aliphatic carbocycles. The second kappa shape index (κ2) is 14.0. The van der Waals surface area contributed by atoms with Gasteiger partial charge in [0.1, 0.15) is 23.7 Å². The van der Waals surface area contributed by atoms with Crippen molar-refractivity contribution in [2.75, 3.05) is 38.1 Å². The van der Waals surface area contributed by atoms with Gasteiger partial charge in [0.25, 0.3) is 0 Å². The van der Waals surface area contributed by atoms with Crippen LogP contribution in [0.3, 0.4) is 0 Å². The third-order valence-electron chi connectivity index (χ3n) is 7.76. The minimum absolute atomic E-state index is 0.00696. The molecule has 1 atom stereocenters. The highest BCUT2D eigenvalue weighted by Crippen LogP contribution is 2.29. The molecule has 1 fully saturated rings. The standard InChI is InChI=1S/C35H33FN3O5P/c1-37-16-18-38(19-17-37)33-21-32-29(20-31(33)36)34(40)30(35(41)42-23-25-8-4-2-5-9-25)22-39(32)27-12-14-28(15-13-27)44-45-43-24-26-10-6-3-7-11-26/h2-15,20-22,45H,16-19,23-24H2,1H3. The van der Waals surface area contributed by atoms with Crippen LogP contribution >= 0.6 is 9.03 Å². The number of carbonyl (C=O) groups excluding carboxylic acids is 1. The first-order valence-corrected chi connectivity index (χ1v) is 15.5. The van der Waals surface area contributed by atoms with Crippen LogP contribution in [0.4, 0.5) is 10.1 Å². The van der Waals surface area contributed by atoms with Gasteiger partial charge in [0.2, 0.25) is 14.5 Å². The van der Waals surface area contributed by atoms with Gasteiger partial charge in [-0.1, -0.05) is 60.7 Å². The zero-order valence-electron chi connectivity index (χ0n) is 24.8. The van der Waals surface area contributed by atoms with E-state index in [-0.39, 0.29) is 26.6 Å². The number of nitrogens with zero attached hydrogens (tertiary/aromatic N) is 3. The van der Waals surface area contributed by atoms with E-state index in [0.29, 0.717) is 42.3 Å². The number of anilines is 1. The molecule has 0 bridgehead atoms. The summed E-state index contributed by atoms with van der Waals surface area (Å²) in [4.78, 5) is 31.0. The Kier molecular flexibility index (Phi) is 9.50. The van der Waals surface area contributed by atoms with Crippen LogP contribution in [0, 0.1) is 5.82 Å². The molecule has 0 saturated carbocycles. The molecule has 0 spiro atoms. The number of benzene rings is 4. The van der Waals surface area contributed by atoms with Gasteiger partial charge >= 0.3 is 5.97 Å². The number of aromatic nitrogens is 1. The van der Waals surface area contributed by atoms with E-state index in [1.807, 2.05) is 84.7 Å². The van der Waals surface area contributed by atoms with E-state index in [2.05, 4.69) is 4.90 Å². The summed E-state index contributed by atoms with van der Waals surface area (Å²) < 4.78 is 34.3. The van der Waals surface area contributed by atoms with E-state index < -0.39 is 17.2 Å². The largest absolute Gasteiger partial charge is 0.457 e. The predicted octanol–water partition coefficient (Wildman–Crippen LogP) is 6.34. The smallest absolute Gasteiger partial charge is 0.344 e. The molecule has 0 radical (unpaired) electrons.